The highest BCUT2D eigenvalue weighted by molar-refractivity contribution is 7.80. The highest BCUT2D eigenvalue weighted by Crippen LogP contribution is 2.16. The van der Waals surface area contributed by atoms with E-state index in [2.05, 4.69) is 29.8 Å². The van der Waals surface area contributed by atoms with Crippen molar-refractivity contribution in [2.24, 2.45) is 0 Å². The summed E-state index contributed by atoms with van der Waals surface area (Å²) in [6, 6.07) is 4.90. The first-order valence-electron chi connectivity index (χ1n) is 7.58. The van der Waals surface area contributed by atoms with Crippen LogP contribution in [0, 0.1) is 5.82 Å². The average molecular weight is 310 g/mol. The molecule has 0 aliphatic carbocycles. The van der Waals surface area contributed by atoms with E-state index in [1.807, 2.05) is 0 Å². The molecule has 1 saturated heterocycles. The predicted molar refractivity (Wildman–Crippen MR) is 85.5 cm³/mol. The Labute approximate surface area is 131 Å². The molecule has 0 bridgehead atoms. The van der Waals surface area contributed by atoms with Gasteiger partial charge < -0.3 is 10.2 Å². The summed E-state index contributed by atoms with van der Waals surface area (Å²) in [5, 5.41) is 2.78. The summed E-state index contributed by atoms with van der Waals surface area (Å²) in [6.07, 6.45) is 4.72. The first-order chi connectivity index (χ1) is 10.1. The van der Waals surface area contributed by atoms with Crippen molar-refractivity contribution in [2.45, 2.75) is 43.5 Å². The van der Waals surface area contributed by atoms with E-state index in [-0.39, 0.29) is 11.5 Å². The minimum atomic E-state index is -0.505. The lowest BCUT2D eigenvalue weighted by molar-refractivity contribution is 0.0944. The second-order valence-corrected chi connectivity index (χ2v) is 6.17. The van der Waals surface area contributed by atoms with Crippen molar-refractivity contribution in [1.82, 2.24) is 10.2 Å². The number of carbonyl (C=O) groups is 1. The Morgan fingerprint density at radius 3 is 3.05 bits per heavy atom. The number of halogens is 1. The van der Waals surface area contributed by atoms with Crippen LogP contribution < -0.4 is 5.32 Å². The van der Waals surface area contributed by atoms with E-state index in [9.17, 15) is 9.18 Å². The maximum Gasteiger partial charge on any atom is 0.254 e. The van der Waals surface area contributed by atoms with Crippen LogP contribution >= 0.6 is 12.6 Å². The van der Waals surface area contributed by atoms with E-state index in [4.69, 9.17) is 0 Å². The number of hydrogen-bond donors (Lipinski definition) is 2. The first-order valence-corrected chi connectivity index (χ1v) is 8.03. The van der Waals surface area contributed by atoms with Crippen molar-refractivity contribution in [3.8, 4) is 0 Å². The molecule has 1 aliphatic heterocycles. The third-order valence-electron chi connectivity index (χ3n) is 4.04. The van der Waals surface area contributed by atoms with Crippen LogP contribution in [0.15, 0.2) is 23.1 Å². The number of likely N-dealkylation sites (tertiary alicyclic amines) is 1. The SMILES string of the molecule is CC1CCCCN1CCCNC(=O)c1cc(S)ccc1F. The smallest absolute Gasteiger partial charge is 0.254 e. The summed E-state index contributed by atoms with van der Waals surface area (Å²) in [7, 11) is 0. The molecule has 116 valence electrons. The van der Waals surface area contributed by atoms with E-state index < -0.39 is 5.82 Å². The van der Waals surface area contributed by atoms with E-state index in [0.717, 1.165) is 19.5 Å². The molecule has 1 aliphatic rings. The molecule has 0 spiro atoms. The van der Waals surface area contributed by atoms with Gasteiger partial charge in [-0.2, -0.15) is 0 Å². The lowest BCUT2D eigenvalue weighted by atomic mass is 10.0. The Hall–Kier alpha value is -1.07. The maximum absolute atomic E-state index is 13.6. The van der Waals surface area contributed by atoms with Gasteiger partial charge in [-0.3, -0.25) is 4.79 Å². The largest absolute Gasteiger partial charge is 0.352 e. The molecule has 1 heterocycles. The van der Waals surface area contributed by atoms with E-state index >= 15 is 0 Å². The lowest BCUT2D eigenvalue weighted by Gasteiger charge is -2.33. The zero-order valence-electron chi connectivity index (χ0n) is 12.4. The highest BCUT2D eigenvalue weighted by atomic mass is 32.1. The average Bonchev–Trinajstić information content (AvgIpc) is 2.47. The van der Waals surface area contributed by atoms with E-state index in [0.29, 0.717) is 17.5 Å². The number of thiol groups is 1. The van der Waals surface area contributed by atoms with Crippen molar-refractivity contribution in [2.75, 3.05) is 19.6 Å². The minimum Gasteiger partial charge on any atom is -0.352 e. The van der Waals surface area contributed by atoms with Gasteiger partial charge in [-0.25, -0.2) is 4.39 Å². The number of amides is 1. The van der Waals surface area contributed by atoms with Gasteiger partial charge in [0.15, 0.2) is 0 Å². The molecule has 0 radical (unpaired) electrons. The van der Waals surface area contributed by atoms with Gasteiger partial charge in [0.05, 0.1) is 5.56 Å². The summed E-state index contributed by atoms with van der Waals surface area (Å²) < 4.78 is 13.6. The van der Waals surface area contributed by atoms with Gasteiger partial charge in [-0.15, -0.1) is 12.6 Å². The van der Waals surface area contributed by atoms with Crippen LogP contribution in [0.4, 0.5) is 4.39 Å². The molecule has 1 N–H and O–H groups in total. The van der Waals surface area contributed by atoms with Crippen molar-refractivity contribution in [3.63, 3.8) is 0 Å². The molecule has 1 aromatic rings. The van der Waals surface area contributed by atoms with Crippen molar-refractivity contribution in [3.05, 3.63) is 29.6 Å². The molecule has 0 saturated carbocycles. The van der Waals surface area contributed by atoms with Gasteiger partial charge in [0.25, 0.3) is 5.91 Å². The Balaban J connectivity index is 1.75. The number of rotatable bonds is 5. The first kappa shape index (κ1) is 16.3. The molecule has 0 aromatic heterocycles. The molecule has 1 fully saturated rings. The number of nitrogens with one attached hydrogen (secondary N) is 1. The third kappa shape index (κ3) is 4.71. The second-order valence-electron chi connectivity index (χ2n) is 5.65. The highest BCUT2D eigenvalue weighted by Gasteiger charge is 2.17. The molecule has 21 heavy (non-hydrogen) atoms. The molecular weight excluding hydrogens is 287 g/mol. The quantitative estimate of drug-likeness (QED) is 0.647. The maximum atomic E-state index is 13.6. The van der Waals surface area contributed by atoms with Gasteiger partial charge >= 0.3 is 0 Å². The Bertz CT molecular complexity index is 495. The molecule has 1 aromatic carbocycles. The topological polar surface area (TPSA) is 32.3 Å². The number of benzene rings is 1. The summed E-state index contributed by atoms with van der Waals surface area (Å²) in [5.41, 5.74) is 0.0637. The van der Waals surface area contributed by atoms with Gasteiger partial charge in [0.2, 0.25) is 0 Å². The number of piperidine rings is 1. The van der Waals surface area contributed by atoms with Crippen molar-refractivity contribution in [1.29, 1.82) is 0 Å². The van der Waals surface area contributed by atoms with Crippen LogP contribution in [-0.2, 0) is 0 Å². The summed E-state index contributed by atoms with van der Waals surface area (Å²) >= 11 is 4.13. The summed E-state index contributed by atoms with van der Waals surface area (Å²) in [6.45, 7) is 4.95. The molecule has 5 heteroatoms. The number of hydrogen-bond acceptors (Lipinski definition) is 3. The fourth-order valence-corrected chi connectivity index (χ4v) is 2.96. The molecule has 1 amide bonds. The standard InChI is InChI=1S/C16H23FN2OS/c1-12-5-2-3-9-19(12)10-4-8-18-16(20)14-11-13(21)6-7-15(14)17/h6-7,11-12,21H,2-5,8-10H2,1H3,(H,18,20). The van der Waals surface area contributed by atoms with Crippen molar-refractivity contribution >= 4 is 18.5 Å². The van der Waals surface area contributed by atoms with Crippen LogP contribution in [0.1, 0.15) is 43.0 Å². The minimum absolute atomic E-state index is 0.0637. The molecule has 3 nitrogen and oxygen atoms in total. The van der Waals surface area contributed by atoms with Crippen molar-refractivity contribution < 1.29 is 9.18 Å². The predicted octanol–water partition coefficient (Wildman–Crippen LogP) is 3.11. The zero-order chi connectivity index (χ0) is 15.2. The van der Waals surface area contributed by atoms with E-state index in [1.54, 1.807) is 0 Å². The zero-order valence-corrected chi connectivity index (χ0v) is 13.3. The summed E-state index contributed by atoms with van der Waals surface area (Å²) in [5.74, 6) is -0.870. The Morgan fingerprint density at radius 2 is 2.29 bits per heavy atom. The fourth-order valence-electron chi connectivity index (χ4n) is 2.76. The number of carbonyl (C=O) groups excluding carboxylic acids is 1. The van der Waals surface area contributed by atoms with Gasteiger partial charge in [0, 0.05) is 24.0 Å². The van der Waals surface area contributed by atoms with Crippen LogP contribution in [0.5, 0.6) is 0 Å². The van der Waals surface area contributed by atoms with Crippen LogP contribution in [0.2, 0.25) is 0 Å². The summed E-state index contributed by atoms with van der Waals surface area (Å²) in [4.78, 5) is 15.0. The normalized spacial score (nSPS) is 19.5. The molecule has 1 atom stereocenters. The van der Waals surface area contributed by atoms with Gasteiger partial charge in [-0.05, 0) is 50.9 Å². The van der Waals surface area contributed by atoms with Gasteiger partial charge in [-0.1, -0.05) is 6.42 Å². The number of nitrogens with zero attached hydrogens (tertiary/aromatic N) is 1. The fraction of sp³-hybridized carbons (Fsp3) is 0.562. The van der Waals surface area contributed by atoms with Crippen LogP contribution in [-0.4, -0.2) is 36.5 Å². The Kier molecular flexibility index (Phi) is 6.06. The second kappa shape index (κ2) is 7.80. The van der Waals surface area contributed by atoms with Crippen LogP contribution in [0.3, 0.4) is 0 Å². The molecule has 2 rings (SSSR count). The van der Waals surface area contributed by atoms with Gasteiger partial charge in [0.1, 0.15) is 5.82 Å². The third-order valence-corrected chi connectivity index (χ3v) is 4.32. The monoisotopic (exact) mass is 310 g/mol. The lowest BCUT2D eigenvalue weighted by Crippen LogP contribution is -2.39. The van der Waals surface area contributed by atoms with Crippen LogP contribution in [0.25, 0.3) is 0 Å². The van der Waals surface area contributed by atoms with E-state index in [1.165, 1.54) is 37.5 Å². The molecule has 1 unspecified atom stereocenters. The molecular formula is C16H23FN2OS. The Morgan fingerprint density at radius 1 is 1.48 bits per heavy atom.